The smallest absolute Gasteiger partial charge is 0.203 e. The van der Waals surface area contributed by atoms with E-state index >= 15 is 0 Å². The molecular formula is C13H19NO3. The first-order valence-electron chi connectivity index (χ1n) is 5.32. The van der Waals surface area contributed by atoms with Crippen molar-refractivity contribution in [1.29, 1.82) is 0 Å². The molecule has 0 aliphatic carbocycles. The highest BCUT2D eigenvalue weighted by Gasteiger charge is 2.19. The molecule has 0 aromatic heterocycles. The largest absolute Gasteiger partial charge is 0.493 e. The maximum atomic E-state index is 5.40. The summed E-state index contributed by atoms with van der Waals surface area (Å²) in [6, 6.07) is 3.79. The normalized spacial score (nSPS) is 11.8. The number of methoxy groups -OCH3 is 3. The number of nitrogens with one attached hydrogen (secondary N) is 1. The van der Waals surface area contributed by atoms with Gasteiger partial charge in [-0.15, -0.1) is 6.58 Å². The molecule has 1 aromatic rings. The maximum absolute atomic E-state index is 5.40. The van der Waals surface area contributed by atoms with Crippen molar-refractivity contribution in [2.45, 2.75) is 6.04 Å². The molecule has 1 rings (SSSR count). The number of benzene rings is 1. The van der Waals surface area contributed by atoms with E-state index in [1.54, 1.807) is 21.3 Å². The quantitative estimate of drug-likeness (QED) is 0.770. The fourth-order valence-corrected chi connectivity index (χ4v) is 1.77. The molecule has 1 N–H and O–H groups in total. The highest BCUT2D eigenvalue weighted by Crippen LogP contribution is 2.42. The van der Waals surface area contributed by atoms with Gasteiger partial charge in [0.2, 0.25) is 5.75 Å². The Morgan fingerprint density at radius 2 is 1.76 bits per heavy atom. The molecule has 1 unspecified atom stereocenters. The van der Waals surface area contributed by atoms with Gasteiger partial charge in [0.05, 0.1) is 27.4 Å². The van der Waals surface area contributed by atoms with Crippen LogP contribution >= 0.6 is 0 Å². The molecule has 0 amide bonds. The SMILES string of the molecule is C=CC(NC)c1ccc(OC)c(OC)c1OC. The van der Waals surface area contributed by atoms with Gasteiger partial charge in [0.25, 0.3) is 0 Å². The second kappa shape index (κ2) is 6.15. The number of likely N-dealkylation sites (N-methyl/N-ethyl adjacent to an activating group) is 1. The van der Waals surface area contributed by atoms with Crippen LogP contribution in [0.5, 0.6) is 17.2 Å². The highest BCUT2D eigenvalue weighted by atomic mass is 16.5. The summed E-state index contributed by atoms with van der Waals surface area (Å²) in [5.74, 6) is 1.90. The van der Waals surface area contributed by atoms with Gasteiger partial charge in [-0.3, -0.25) is 0 Å². The van der Waals surface area contributed by atoms with Gasteiger partial charge in [0.15, 0.2) is 11.5 Å². The van der Waals surface area contributed by atoms with Gasteiger partial charge in [-0.1, -0.05) is 6.08 Å². The third kappa shape index (κ3) is 2.53. The summed E-state index contributed by atoms with van der Waals surface area (Å²) in [5.41, 5.74) is 0.961. The van der Waals surface area contributed by atoms with Crippen LogP contribution in [-0.4, -0.2) is 28.4 Å². The predicted octanol–water partition coefficient (Wildman–Crippen LogP) is 2.16. The van der Waals surface area contributed by atoms with Crippen molar-refractivity contribution in [3.8, 4) is 17.2 Å². The average Bonchev–Trinajstić information content (AvgIpc) is 2.39. The van der Waals surface area contributed by atoms with Crippen molar-refractivity contribution in [3.05, 3.63) is 30.4 Å². The third-order valence-electron chi connectivity index (χ3n) is 2.62. The molecule has 0 fully saturated rings. The first-order valence-corrected chi connectivity index (χ1v) is 5.32. The Morgan fingerprint density at radius 3 is 2.18 bits per heavy atom. The molecule has 0 bridgehead atoms. The number of hydrogen-bond donors (Lipinski definition) is 1. The monoisotopic (exact) mass is 237 g/mol. The van der Waals surface area contributed by atoms with E-state index in [1.807, 2.05) is 25.3 Å². The summed E-state index contributed by atoms with van der Waals surface area (Å²) in [6.07, 6.45) is 1.81. The first kappa shape index (κ1) is 13.4. The summed E-state index contributed by atoms with van der Waals surface area (Å²) in [5, 5.41) is 3.14. The van der Waals surface area contributed by atoms with Crippen molar-refractivity contribution in [1.82, 2.24) is 5.32 Å². The Labute approximate surface area is 102 Å². The molecule has 1 atom stereocenters. The van der Waals surface area contributed by atoms with E-state index in [0.29, 0.717) is 17.2 Å². The Balaban J connectivity index is 3.36. The molecule has 0 saturated heterocycles. The lowest BCUT2D eigenvalue weighted by molar-refractivity contribution is 0.321. The molecule has 94 valence electrons. The molecule has 0 radical (unpaired) electrons. The Bertz CT molecular complexity index is 390. The van der Waals surface area contributed by atoms with E-state index in [2.05, 4.69) is 11.9 Å². The van der Waals surface area contributed by atoms with Crippen molar-refractivity contribution < 1.29 is 14.2 Å². The van der Waals surface area contributed by atoms with E-state index < -0.39 is 0 Å². The minimum Gasteiger partial charge on any atom is -0.493 e. The molecule has 4 heteroatoms. The van der Waals surface area contributed by atoms with Crippen molar-refractivity contribution >= 4 is 0 Å². The summed E-state index contributed by atoms with van der Waals surface area (Å²) in [7, 11) is 6.66. The lowest BCUT2D eigenvalue weighted by Crippen LogP contribution is -2.15. The van der Waals surface area contributed by atoms with Crippen LogP contribution in [0.4, 0.5) is 0 Å². The van der Waals surface area contributed by atoms with Gasteiger partial charge >= 0.3 is 0 Å². The topological polar surface area (TPSA) is 39.7 Å². The lowest BCUT2D eigenvalue weighted by atomic mass is 10.0. The van der Waals surface area contributed by atoms with Crippen LogP contribution in [0.1, 0.15) is 11.6 Å². The van der Waals surface area contributed by atoms with Gasteiger partial charge in [-0.25, -0.2) is 0 Å². The van der Waals surface area contributed by atoms with E-state index in [1.165, 1.54) is 0 Å². The van der Waals surface area contributed by atoms with E-state index in [9.17, 15) is 0 Å². The van der Waals surface area contributed by atoms with Crippen LogP contribution in [0.15, 0.2) is 24.8 Å². The summed E-state index contributed by atoms with van der Waals surface area (Å²) < 4.78 is 16.0. The summed E-state index contributed by atoms with van der Waals surface area (Å²) in [4.78, 5) is 0. The van der Waals surface area contributed by atoms with Gasteiger partial charge in [-0.2, -0.15) is 0 Å². The molecular weight excluding hydrogens is 218 g/mol. The molecule has 0 spiro atoms. The fourth-order valence-electron chi connectivity index (χ4n) is 1.77. The van der Waals surface area contributed by atoms with Crippen molar-refractivity contribution in [2.24, 2.45) is 0 Å². The van der Waals surface area contributed by atoms with Crippen molar-refractivity contribution in [3.63, 3.8) is 0 Å². The second-order valence-electron chi connectivity index (χ2n) is 3.43. The van der Waals surface area contributed by atoms with Crippen LogP contribution in [0, 0.1) is 0 Å². The highest BCUT2D eigenvalue weighted by molar-refractivity contribution is 5.57. The van der Waals surface area contributed by atoms with Gasteiger partial charge in [-0.05, 0) is 19.2 Å². The molecule has 1 aromatic carbocycles. The van der Waals surface area contributed by atoms with Gasteiger partial charge < -0.3 is 19.5 Å². The number of rotatable bonds is 6. The molecule has 0 aliphatic rings. The zero-order chi connectivity index (χ0) is 12.8. The van der Waals surface area contributed by atoms with E-state index in [4.69, 9.17) is 14.2 Å². The van der Waals surface area contributed by atoms with Crippen LogP contribution in [-0.2, 0) is 0 Å². The summed E-state index contributed by atoms with van der Waals surface area (Å²) >= 11 is 0. The first-order chi connectivity index (χ1) is 8.23. The zero-order valence-electron chi connectivity index (χ0n) is 10.7. The minimum absolute atomic E-state index is 0.00440. The van der Waals surface area contributed by atoms with Crippen LogP contribution in [0.3, 0.4) is 0 Å². The predicted molar refractivity (Wildman–Crippen MR) is 68.1 cm³/mol. The molecule has 0 saturated carbocycles. The van der Waals surface area contributed by atoms with Crippen LogP contribution in [0.25, 0.3) is 0 Å². The summed E-state index contributed by atoms with van der Waals surface area (Å²) in [6.45, 7) is 3.79. The standard InChI is InChI=1S/C13H19NO3/c1-6-10(14-2)9-7-8-11(15-3)13(17-5)12(9)16-4/h6-8,10,14H,1H2,2-5H3. The number of ether oxygens (including phenoxy) is 3. The van der Waals surface area contributed by atoms with Gasteiger partial charge in [0.1, 0.15) is 0 Å². The van der Waals surface area contributed by atoms with Crippen LogP contribution in [0.2, 0.25) is 0 Å². The Hall–Kier alpha value is -1.68. The minimum atomic E-state index is 0.00440. The third-order valence-corrected chi connectivity index (χ3v) is 2.62. The zero-order valence-corrected chi connectivity index (χ0v) is 10.7. The average molecular weight is 237 g/mol. The molecule has 0 aliphatic heterocycles. The van der Waals surface area contributed by atoms with Gasteiger partial charge in [0, 0.05) is 5.56 Å². The lowest BCUT2D eigenvalue weighted by Gasteiger charge is -2.19. The molecule has 0 heterocycles. The Morgan fingerprint density at radius 1 is 1.12 bits per heavy atom. The van der Waals surface area contributed by atoms with E-state index in [-0.39, 0.29) is 6.04 Å². The second-order valence-corrected chi connectivity index (χ2v) is 3.43. The Kier molecular flexibility index (Phi) is 4.84. The maximum Gasteiger partial charge on any atom is 0.203 e. The molecule has 17 heavy (non-hydrogen) atoms. The number of hydrogen-bond acceptors (Lipinski definition) is 4. The van der Waals surface area contributed by atoms with Crippen molar-refractivity contribution in [2.75, 3.05) is 28.4 Å². The van der Waals surface area contributed by atoms with Crippen LogP contribution < -0.4 is 19.5 Å². The van der Waals surface area contributed by atoms with E-state index in [0.717, 1.165) is 5.56 Å². The fraction of sp³-hybridized carbons (Fsp3) is 0.385. The molecule has 4 nitrogen and oxygen atoms in total.